The zero-order chi connectivity index (χ0) is 25.0. The van der Waals surface area contributed by atoms with Crippen LogP contribution in [0, 0.1) is 12.1 Å². The van der Waals surface area contributed by atoms with Gasteiger partial charge in [-0.15, -0.1) is 4.90 Å². The second-order valence-corrected chi connectivity index (χ2v) is 11.1. The summed E-state index contributed by atoms with van der Waals surface area (Å²) in [6, 6.07) is 13.5. The number of hydrogen-bond acceptors (Lipinski definition) is 5. The minimum Gasteiger partial charge on any atom is -0.710 e. The molecule has 0 bridgehead atoms. The fraction of sp³-hybridized carbons (Fsp3) is 0.208. The molecule has 0 atom stereocenters. The van der Waals surface area contributed by atoms with Gasteiger partial charge in [0.1, 0.15) is 16.8 Å². The van der Waals surface area contributed by atoms with E-state index in [0.29, 0.717) is 9.63 Å². The largest absolute Gasteiger partial charge is 0.710 e. The third-order valence-corrected chi connectivity index (χ3v) is 7.30. The van der Waals surface area contributed by atoms with Crippen molar-refractivity contribution >= 4 is 44.9 Å². The molecule has 1 aliphatic rings. The summed E-state index contributed by atoms with van der Waals surface area (Å²) in [5.74, 6) is -1.86. The highest BCUT2D eigenvalue weighted by molar-refractivity contribution is 7.92. The van der Waals surface area contributed by atoms with E-state index < -0.39 is 21.8 Å². The predicted octanol–water partition coefficient (Wildman–Crippen LogP) is 4.18. The Labute approximate surface area is 202 Å². The number of aromatic nitrogens is 1. The van der Waals surface area contributed by atoms with Crippen LogP contribution in [0.2, 0.25) is 5.02 Å². The molecular formula is C24H22ClN3O5S. The maximum atomic E-state index is 13.3. The van der Waals surface area contributed by atoms with Gasteiger partial charge in [0, 0.05) is 6.07 Å². The average Bonchev–Trinajstić information content (AvgIpc) is 3.03. The fourth-order valence-corrected chi connectivity index (χ4v) is 5.02. The van der Waals surface area contributed by atoms with Crippen molar-refractivity contribution < 1.29 is 22.7 Å². The number of rotatable bonds is 4. The lowest BCUT2D eigenvalue weighted by atomic mass is 9.87. The van der Waals surface area contributed by atoms with Crippen LogP contribution in [0.5, 0.6) is 0 Å². The Morgan fingerprint density at radius 3 is 2.18 bits per heavy atom. The summed E-state index contributed by atoms with van der Waals surface area (Å²) < 4.78 is 29.0. The molecule has 0 spiro atoms. The molecule has 2 amide bonds. The lowest BCUT2D eigenvalue weighted by Gasteiger charge is -2.19. The van der Waals surface area contributed by atoms with E-state index in [-0.39, 0.29) is 43.7 Å². The van der Waals surface area contributed by atoms with Crippen molar-refractivity contribution in [3.8, 4) is 0 Å². The van der Waals surface area contributed by atoms with Crippen LogP contribution in [0.25, 0.3) is 0 Å². The van der Waals surface area contributed by atoms with E-state index in [1.807, 2.05) is 20.8 Å². The number of anilines is 2. The summed E-state index contributed by atoms with van der Waals surface area (Å²) in [5.41, 5.74) is 0.590. The van der Waals surface area contributed by atoms with Crippen molar-refractivity contribution in [2.75, 3.05) is 9.62 Å². The molecule has 4 rings (SSSR count). The highest BCUT2D eigenvalue weighted by Crippen LogP contribution is 2.37. The molecule has 0 fully saturated rings. The van der Waals surface area contributed by atoms with Gasteiger partial charge in [-0.05, 0) is 48.2 Å². The van der Waals surface area contributed by atoms with Gasteiger partial charge in [-0.25, -0.2) is 22.7 Å². The van der Waals surface area contributed by atoms with Crippen molar-refractivity contribution in [1.29, 1.82) is 0 Å². The molecule has 1 aromatic heterocycles. The second kappa shape index (κ2) is 8.11. The number of aryl methyl sites for hydroxylation is 1. The molecule has 0 saturated heterocycles. The molecule has 3 aromatic rings. The van der Waals surface area contributed by atoms with E-state index in [9.17, 15) is 23.2 Å². The van der Waals surface area contributed by atoms with Gasteiger partial charge >= 0.3 is 11.8 Å². The van der Waals surface area contributed by atoms with Crippen molar-refractivity contribution in [2.45, 2.75) is 38.0 Å². The van der Waals surface area contributed by atoms with E-state index >= 15 is 0 Å². The Balaban J connectivity index is 1.76. The first-order valence-electron chi connectivity index (χ1n) is 10.4. The number of pyridine rings is 1. The van der Waals surface area contributed by atoms with Crippen molar-refractivity contribution in [1.82, 2.24) is 0 Å². The van der Waals surface area contributed by atoms with Gasteiger partial charge in [0.15, 0.2) is 0 Å². The van der Waals surface area contributed by atoms with Gasteiger partial charge < -0.3 is 5.21 Å². The van der Waals surface area contributed by atoms with E-state index in [0.717, 1.165) is 5.56 Å². The van der Waals surface area contributed by atoms with Gasteiger partial charge in [0.25, 0.3) is 15.8 Å². The quantitative estimate of drug-likeness (QED) is 0.329. The summed E-state index contributed by atoms with van der Waals surface area (Å²) in [6.07, 6.45) is 0. The molecule has 0 saturated carbocycles. The summed E-state index contributed by atoms with van der Waals surface area (Å²) in [6.45, 7) is 7.58. The molecule has 34 heavy (non-hydrogen) atoms. The van der Waals surface area contributed by atoms with Crippen LogP contribution in [0.15, 0.2) is 59.5 Å². The first-order valence-corrected chi connectivity index (χ1v) is 12.2. The Morgan fingerprint density at radius 2 is 1.56 bits per heavy atom. The van der Waals surface area contributed by atoms with Crippen LogP contribution in [0.1, 0.15) is 52.7 Å². The molecule has 0 aliphatic carbocycles. The fourth-order valence-electron chi connectivity index (χ4n) is 3.71. The molecule has 8 nitrogen and oxygen atoms in total. The number of nitrogens with zero attached hydrogens (tertiary/aromatic N) is 2. The number of nitrogens with one attached hydrogen (secondary N) is 1. The van der Waals surface area contributed by atoms with E-state index in [4.69, 9.17) is 11.6 Å². The lowest BCUT2D eigenvalue weighted by molar-refractivity contribution is -0.598. The Kier molecular flexibility index (Phi) is 5.65. The highest BCUT2D eigenvalue weighted by Gasteiger charge is 2.48. The van der Waals surface area contributed by atoms with Crippen LogP contribution < -0.4 is 14.4 Å². The van der Waals surface area contributed by atoms with Gasteiger partial charge in [-0.3, -0.25) is 4.72 Å². The topological polar surface area (TPSA) is 110 Å². The maximum absolute atomic E-state index is 13.3. The van der Waals surface area contributed by atoms with Crippen molar-refractivity contribution in [3.05, 3.63) is 87.2 Å². The molecule has 10 heteroatoms. The number of benzene rings is 2. The summed E-state index contributed by atoms with van der Waals surface area (Å²) >= 11 is 6.21. The van der Waals surface area contributed by atoms with Crippen LogP contribution in [-0.2, 0) is 15.4 Å². The smallest absolute Gasteiger partial charge is 0.352 e. The average molecular weight is 500 g/mol. The van der Waals surface area contributed by atoms with Gasteiger partial charge in [0.2, 0.25) is 0 Å². The normalized spacial score (nSPS) is 13.9. The van der Waals surface area contributed by atoms with Crippen LogP contribution in [0.4, 0.5) is 11.5 Å². The minimum atomic E-state index is -4.09. The zero-order valence-electron chi connectivity index (χ0n) is 18.9. The SMILES string of the molecule is Cc1cccc(N2C(=O)c3c(Cl)ccc(NS(=O)(=O)c4ccc(C(C)(C)C)cc4)c3C2=O)[n+]1[O-]. The number of amides is 2. The first kappa shape index (κ1) is 23.7. The van der Waals surface area contributed by atoms with Gasteiger partial charge in [0.05, 0.1) is 15.6 Å². The predicted molar refractivity (Wildman–Crippen MR) is 129 cm³/mol. The van der Waals surface area contributed by atoms with Crippen LogP contribution >= 0.6 is 11.6 Å². The Morgan fingerprint density at radius 1 is 0.941 bits per heavy atom. The van der Waals surface area contributed by atoms with Gasteiger partial charge in [-0.2, -0.15) is 0 Å². The number of carbonyl (C=O) groups excluding carboxylic acids is 2. The molecule has 0 unspecified atom stereocenters. The molecule has 176 valence electrons. The number of hydrogen-bond donors (Lipinski definition) is 1. The maximum Gasteiger partial charge on any atom is 0.352 e. The van der Waals surface area contributed by atoms with Crippen molar-refractivity contribution in [3.63, 3.8) is 0 Å². The first-order chi connectivity index (χ1) is 15.8. The monoisotopic (exact) mass is 499 g/mol. The third kappa shape index (κ3) is 3.91. The summed E-state index contributed by atoms with van der Waals surface area (Å²) in [7, 11) is -4.09. The molecule has 2 heterocycles. The molecule has 1 aliphatic heterocycles. The van der Waals surface area contributed by atoms with E-state index in [1.54, 1.807) is 12.1 Å². The number of sulfonamides is 1. The number of carbonyl (C=O) groups is 2. The summed E-state index contributed by atoms with van der Waals surface area (Å²) in [5, 5.41) is 12.5. The van der Waals surface area contributed by atoms with Gasteiger partial charge in [-0.1, -0.05) is 50.6 Å². The molecule has 2 aromatic carbocycles. The lowest BCUT2D eigenvalue weighted by Crippen LogP contribution is -2.43. The van der Waals surface area contributed by atoms with E-state index in [2.05, 4.69) is 4.72 Å². The summed E-state index contributed by atoms with van der Waals surface area (Å²) in [4.78, 5) is 27.1. The third-order valence-electron chi connectivity index (χ3n) is 5.60. The van der Waals surface area contributed by atoms with Crippen molar-refractivity contribution in [2.24, 2.45) is 0 Å². The van der Waals surface area contributed by atoms with E-state index in [1.165, 1.54) is 49.4 Å². The molecular weight excluding hydrogens is 478 g/mol. The number of halogens is 1. The van der Waals surface area contributed by atoms with Crippen LogP contribution in [-0.4, -0.2) is 20.2 Å². The molecule has 1 N–H and O–H groups in total. The minimum absolute atomic E-state index is 0.00564. The Bertz CT molecular complexity index is 1440. The van der Waals surface area contributed by atoms with Crippen LogP contribution in [0.3, 0.4) is 0 Å². The molecule has 0 radical (unpaired) electrons. The number of imide groups is 1. The standard InChI is InChI=1S/C24H22ClN3O5S/c1-14-6-5-7-19(28(14)31)27-22(29)20-17(25)12-13-18(21(20)23(27)30)26-34(32,33)16-10-8-15(9-11-16)24(2,3)4/h5-13,26H,1-4H3. The number of fused-ring (bicyclic) bond motifs is 1. The highest BCUT2D eigenvalue weighted by atomic mass is 35.5. The Hall–Kier alpha value is -3.43. The zero-order valence-corrected chi connectivity index (χ0v) is 20.5. The second-order valence-electron chi connectivity index (χ2n) is 8.99.